The molecule has 0 aliphatic carbocycles. The molecule has 5 nitrogen and oxygen atoms in total. The van der Waals surface area contributed by atoms with Crippen molar-refractivity contribution < 1.29 is 9.21 Å². The minimum Gasteiger partial charge on any atom is -0.411 e. The Hall–Kier alpha value is -2.60. The van der Waals surface area contributed by atoms with Crippen LogP contribution in [0.1, 0.15) is 18.1 Å². The van der Waals surface area contributed by atoms with E-state index in [1.165, 1.54) is 22.9 Å². The zero-order valence-electron chi connectivity index (χ0n) is 14.2. The van der Waals surface area contributed by atoms with Gasteiger partial charge < -0.3 is 9.73 Å². The molecule has 0 aliphatic rings. The third-order valence-electron chi connectivity index (χ3n) is 3.65. The fraction of sp³-hybridized carbons (Fsp3) is 0.211. The molecule has 2 aromatic carbocycles. The van der Waals surface area contributed by atoms with Crippen LogP contribution in [-0.2, 0) is 11.2 Å². The van der Waals surface area contributed by atoms with E-state index >= 15 is 0 Å². The molecule has 0 unspecified atom stereocenters. The number of aryl methyl sites for hydroxylation is 2. The number of rotatable bonds is 6. The molecule has 3 rings (SSSR count). The number of hydrogen-bond acceptors (Lipinski definition) is 5. The second kappa shape index (κ2) is 7.98. The first kappa shape index (κ1) is 17.2. The third-order valence-corrected chi connectivity index (χ3v) is 4.47. The normalized spacial score (nSPS) is 10.6. The maximum absolute atomic E-state index is 12.1. The minimum atomic E-state index is -0.103. The Bertz CT molecular complexity index is 859. The molecule has 0 saturated carbocycles. The molecule has 0 fully saturated rings. The predicted molar refractivity (Wildman–Crippen MR) is 99.6 cm³/mol. The highest BCUT2D eigenvalue weighted by Crippen LogP contribution is 2.23. The number of benzene rings is 2. The summed E-state index contributed by atoms with van der Waals surface area (Å²) >= 11 is 1.22. The summed E-state index contributed by atoms with van der Waals surface area (Å²) in [6.07, 6.45) is 0.933. The Kier molecular flexibility index (Phi) is 5.50. The number of thioether (sulfide) groups is 1. The van der Waals surface area contributed by atoms with Crippen molar-refractivity contribution in [2.24, 2.45) is 0 Å². The highest BCUT2D eigenvalue weighted by molar-refractivity contribution is 7.99. The van der Waals surface area contributed by atoms with Crippen molar-refractivity contribution in [3.8, 4) is 11.5 Å². The van der Waals surface area contributed by atoms with Gasteiger partial charge in [0.05, 0.1) is 5.75 Å². The zero-order chi connectivity index (χ0) is 17.6. The van der Waals surface area contributed by atoms with Crippen molar-refractivity contribution in [2.45, 2.75) is 25.5 Å². The van der Waals surface area contributed by atoms with E-state index in [9.17, 15) is 4.79 Å². The number of anilines is 1. The van der Waals surface area contributed by atoms with Gasteiger partial charge in [0, 0.05) is 11.3 Å². The van der Waals surface area contributed by atoms with E-state index in [4.69, 9.17) is 4.42 Å². The summed E-state index contributed by atoms with van der Waals surface area (Å²) in [7, 11) is 0. The maximum Gasteiger partial charge on any atom is 0.277 e. The number of nitrogens with zero attached hydrogens (tertiary/aromatic N) is 2. The SMILES string of the molecule is CCc1cccc(NC(=O)CSc2nnc(-c3ccc(C)cc3)o2)c1. The molecule has 0 spiro atoms. The van der Waals surface area contributed by atoms with E-state index in [0.717, 1.165) is 17.7 Å². The number of aromatic nitrogens is 2. The fourth-order valence-electron chi connectivity index (χ4n) is 2.27. The lowest BCUT2D eigenvalue weighted by atomic mass is 10.1. The zero-order valence-corrected chi connectivity index (χ0v) is 15.0. The van der Waals surface area contributed by atoms with Crippen LogP contribution < -0.4 is 5.32 Å². The summed E-state index contributed by atoms with van der Waals surface area (Å²) in [4.78, 5) is 12.1. The van der Waals surface area contributed by atoms with Crippen molar-refractivity contribution in [3.63, 3.8) is 0 Å². The number of carbonyl (C=O) groups is 1. The lowest BCUT2D eigenvalue weighted by Crippen LogP contribution is -2.14. The molecule has 25 heavy (non-hydrogen) atoms. The van der Waals surface area contributed by atoms with Crippen molar-refractivity contribution in [2.75, 3.05) is 11.1 Å². The largest absolute Gasteiger partial charge is 0.411 e. The minimum absolute atomic E-state index is 0.103. The molecular formula is C19H19N3O2S. The van der Waals surface area contributed by atoms with Gasteiger partial charge in [0.1, 0.15) is 0 Å². The third kappa shape index (κ3) is 4.70. The monoisotopic (exact) mass is 353 g/mol. The van der Waals surface area contributed by atoms with Crippen LogP contribution in [0.3, 0.4) is 0 Å². The van der Waals surface area contributed by atoms with Crippen molar-refractivity contribution in [3.05, 3.63) is 59.7 Å². The number of nitrogens with one attached hydrogen (secondary N) is 1. The van der Waals surface area contributed by atoms with Crippen molar-refractivity contribution in [1.29, 1.82) is 0 Å². The molecule has 0 aliphatic heterocycles. The van der Waals surface area contributed by atoms with Gasteiger partial charge in [-0.1, -0.05) is 48.5 Å². The Morgan fingerprint density at radius 3 is 2.72 bits per heavy atom. The van der Waals surface area contributed by atoms with E-state index in [-0.39, 0.29) is 11.7 Å². The molecule has 1 N–H and O–H groups in total. The van der Waals surface area contributed by atoms with Gasteiger partial charge in [0.15, 0.2) is 0 Å². The lowest BCUT2D eigenvalue weighted by molar-refractivity contribution is -0.113. The molecule has 3 aromatic rings. The molecule has 1 amide bonds. The fourth-order valence-corrected chi connectivity index (χ4v) is 2.84. The van der Waals surface area contributed by atoms with Crippen LogP contribution in [0.15, 0.2) is 58.2 Å². The quantitative estimate of drug-likeness (QED) is 0.668. The van der Waals surface area contributed by atoms with E-state index in [0.29, 0.717) is 11.1 Å². The summed E-state index contributed by atoms with van der Waals surface area (Å²) in [5.41, 5.74) is 4.02. The van der Waals surface area contributed by atoms with Gasteiger partial charge in [-0.25, -0.2) is 0 Å². The molecule has 128 valence electrons. The molecule has 1 heterocycles. The van der Waals surface area contributed by atoms with E-state index < -0.39 is 0 Å². The van der Waals surface area contributed by atoms with Gasteiger partial charge in [-0.05, 0) is 43.2 Å². The van der Waals surface area contributed by atoms with Crippen LogP contribution in [0.5, 0.6) is 0 Å². The Morgan fingerprint density at radius 2 is 1.96 bits per heavy atom. The molecule has 1 aromatic heterocycles. The average molecular weight is 353 g/mol. The number of carbonyl (C=O) groups excluding carboxylic acids is 1. The van der Waals surface area contributed by atoms with Crippen molar-refractivity contribution in [1.82, 2.24) is 10.2 Å². The molecule has 0 saturated heterocycles. The van der Waals surface area contributed by atoms with Crippen LogP contribution in [0.2, 0.25) is 0 Å². The smallest absolute Gasteiger partial charge is 0.277 e. The Labute approximate surface area is 150 Å². The highest BCUT2D eigenvalue weighted by atomic mass is 32.2. The van der Waals surface area contributed by atoms with E-state index in [2.05, 4.69) is 22.4 Å². The van der Waals surface area contributed by atoms with Gasteiger partial charge in [0.2, 0.25) is 11.8 Å². The topological polar surface area (TPSA) is 68.0 Å². The summed E-state index contributed by atoms with van der Waals surface area (Å²) < 4.78 is 5.61. The predicted octanol–water partition coefficient (Wildman–Crippen LogP) is 4.34. The van der Waals surface area contributed by atoms with Crippen LogP contribution in [0, 0.1) is 6.92 Å². The van der Waals surface area contributed by atoms with Crippen molar-refractivity contribution >= 4 is 23.4 Å². The molecule has 0 bridgehead atoms. The second-order valence-corrected chi connectivity index (χ2v) is 6.56. The second-order valence-electron chi connectivity index (χ2n) is 5.63. The van der Waals surface area contributed by atoms with Crippen LogP contribution in [-0.4, -0.2) is 21.9 Å². The van der Waals surface area contributed by atoms with Gasteiger partial charge in [-0.3, -0.25) is 4.79 Å². The van der Waals surface area contributed by atoms with E-state index in [1.807, 2.05) is 55.5 Å². The first-order valence-corrected chi connectivity index (χ1v) is 9.04. The van der Waals surface area contributed by atoms with Gasteiger partial charge >= 0.3 is 0 Å². The average Bonchev–Trinajstić information content (AvgIpc) is 3.10. The van der Waals surface area contributed by atoms with Crippen LogP contribution in [0.25, 0.3) is 11.5 Å². The first-order chi connectivity index (χ1) is 12.1. The maximum atomic E-state index is 12.1. The van der Waals surface area contributed by atoms with Gasteiger partial charge in [-0.15, -0.1) is 10.2 Å². The standard InChI is InChI=1S/C19H19N3O2S/c1-3-14-5-4-6-16(11-14)20-17(23)12-25-19-22-21-18(24-19)15-9-7-13(2)8-10-15/h4-11H,3,12H2,1-2H3,(H,20,23). The number of amides is 1. The van der Waals surface area contributed by atoms with Crippen LogP contribution >= 0.6 is 11.8 Å². The molecule has 0 radical (unpaired) electrons. The number of hydrogen-bond donors (Lipinski definition) is 1. The Balaban J connectivity index is 1.56. The summed E-state index contributed by atoms with van der Waals surface area (Å²) in [5, 5.41) is 11.3. The summed E-state index contributed by atoms with van der Waals surface area (Å²) in [5.74, 6) is 0.568. The summed E-state index contributed by atoms with van der Waals surface area (Å²) in [6.45, 7) is 4.10. The lowest BCUT2D eigenvalue weighted by Gasteiger charge is -2.05. The Morgan fingerprint density at radius 1 is 1.16 bits per heavy atom. The van der Waals surface area contributed by atoms with Gasteiger partial charge in [-0.2, -0.15) is 0 Å². The first-order valence-electron chi connectivity index (χ1n) is 8.06. The molecule has 6 heteroatoms. The van der Waals surface area contributed by atoms with Crippen LogP contribution in [0.4, 0.5) is 5.69 Å². The highest BCUT2D eigenvalue weighted by Gasteiger charge is 2.11. The molecule has 0 atom stereocenters. The van der Waals surface area contributed by atoms with E-state index in [1.54, 1.807) is 0 Å². The summed E-state index contributed by atoms with van der Waals surface area (Å²) in [6, 6.07) is 15.7. The van der Waals surface area contributed by atoms with Gasteiger partial charge in [0.25, 0.3) is 5.22 Å². The molecular weight excluding hydrogens is 334 g/mol.